The van der Waals surface area contributed by atoms with Crippen LogP contribution >= 0.6 is 11.6 Å². The van der Waals surface area contributed by atoms with Gasteiger partial charge in [0.1, 0.15) is 17.5 Å². The van der Waals surface area contributed by atoms with Crippen molar-refractivity contribution in [2.75, 3.05) is 19.5 Å². The first-order valence-electron chi connectivity index (χ1n) is 9.05. The molecule has 0 saturated carbocycles. The molecule has 1 N–H and O–H groups in total. The number of methoxy groups -OCH3 is 2. The van der Waals surface area contributed by atoms with E-state index in [0.717, 1.165) is 5.56 Å². The summed E-state index contributed by atoms with van der Waals surface area (Å²) in [6, 6.07) is 7.84. The Labute approximate surface area is 179 Å². The molecular formula is C20H21ClN2O6S. The summed E-state index contributed by atoms with van der Waals surface area (Å²) in [5.74, 6) is -0.653. The number of amides is 2. The zero-order chi connectivity index (χ0) is 22.1. The van der Waals surface area contributed by atoms with Gasteiger partial charge in [-0.3, -0.25) is 9.59 Å². The third kappa shape index (κ3) is 4.08. The normalized spacial score (nSPS) is 16.5. The summed E-state index contributed by atoms with van der Waals surface area (Å²) >= 11 is 6.13. The first-order valence-corrected chi connectivity index (χ1v) is 10.9. The van der Waals surface area contributed by atoms with Crippen molar-refractivity contribution in [3.05, 3.63) is 47.0 Å². The van der Waals surface area contributed by atoms with Crippen LogP contribution in [-0.4, -0.2) is 44.8 Å². The van der Waals surface area contributed by atoms with Crippen molar-refractivity contribution in [3.8, 4) is 11.5 Å². The van der Waals surface area contributed by atoms with Gasteiger partial charge in [0.15, 0.2) is 0 Å². The highest BCUT2D eigenvalue weighted by Gasteiger charge is 2.44. The molecule has 1 fully saturated rings. The first-order chi connectivity index (χ1) is 14.2. The number of sulfonamides is 1. The Kier molecular flexibility index (Phi) is 6.23. The third-order valence-electron chi connectivity index (χ3n) is 4.77. The van der Waals surface area contributed by atoms with Gasteiger partial charge in [0.25, 0.3) is 10.0 Å². The fourth-order valence-electron chi connectivity index (χ4n) is 3.20. The third-order valence-corrected chi connectivity index (χ3v) is 6.91. The largest absolute Gasteiger partial charge is 0.495 e. The van der Waals surface area contributed by atoms with E-state index in [1.165, 1.54) is 38.5 Å². The van der Waals surface area contributed by atoms with Gasteiger partial charge in [-0.25, -0.2) is 12.7 Å². The molecule has 1 saturated heterocycles. The van der Waals surface area contributed by atoms with Crippen molar-refractivity contribution in [1.29, 1.82) is 0 Å². The smallest absolute Gasteiger partial charge is 0.267 e. The number of nitrogens with zero attached hydrogens (tertiary/aromatic N) is 1. The molecule has 0 aromatic heterocycles. The van der Waals surface area contributed by atoms with Crippen molar-refractivity contribution in [1.82, 2.24) is 4.31 Å². The summed E-state index contributed by atoms with van der Waals surface area (Å²) < 4.78 is 37.1. The van der Waals surface area contributed by atoms with E-state index in [2.05, 4.69) is 5.32 Å². The number of nitrogens with one attached hydrogen (secondary N) is 1. The fourth-order valence-corrected chi connectivity index (χ4v) is 5.04. The van der Waals surface area contributed by atoms with Crippen LogP contribution in [0.4, 0.5) is 5.69 Å². The number of halogens is 1. The van der Waals surface area contributed by atoms with E-state index in [-0.39, 0.29) is 34.2 Å². The number of anilines is 1. The molecule has 1 atom stereocenters. The number of carbonyl (C=O) groups excluding carboxylic acids is 2. The summed E-state index contributed by atoms with van der Waals surface area (Å²) in [5.41, 5.74) is 1.11. The van der Waals surface area contributed by atoms with E-state index < -0.39 is 27.9 Å². The minimum atomic E-state index is -4.18. The molecule has 0 bridgehead atoms. The number of rotatable bonds is 6. The maximum absolute atomic E-state index is 13.0. The Morgan fingerprint density at radius 1 is 1.13 bits per heavy atom. The van der Waals surface area contributed by atoms with E-state index in [1.807, 2.05) is 6.92 Å². The van der Waals surface area contributed by atoms with E-state index in [1.54, 1.807) is 12.1 Å². The van der Waals surface area contributed by atoms with Crippen molar-refractivity contribution in [3.63, 3.8) is 0 Å². The van der Waals surface area contributed by atoms with Gasteiger partial charge in [0.2, 0.25) is 11.8 Å². The SMILES string of the molecule is COc1cc(OC)c(NC(=O)[C@@H]2CCC(=O)N2S(=O)(=O)c2ccc(C)cc2)cc1Cl. The average Bonchev–Trinajstić information content (AvgIpc) is 3.11. The Hall–Kier alpha value is -2.78. The molecule has 2 amide bonds. The van der Waals surface area contributed by atoms with Crippen LogP contribution in [-0.2, 0) is 19.6 Å². The van der Waals surface area contributed by atoms with Crippen LogP contribution in [0.1, 0.15) is 18.4 Å². The molecule has 10 heteroatoms. The number of carbonyl (C=O) groups is 2. The van der Waals surface area contributed by atoms with Crippen LogP contribution in [0.25, 0.3) is 0 Å². The molecule has 2 aromatic carbocycles. The van der Waals surface area contributed by atoms with Crippen LogP contribution in [0.3, 0.4) is 0 Å². The highest BCUT2D eigenvalue weighted by molar-refractivity contribution is 7.89. The Bertz CT molecular complexity index is 1090. The molecule has 8 nitrogen and oxygen atoms in total. The first kappa shape index (κ1) is 21.9. The molecule has 1 aliphatic heterocycles. The van der Waals surface area contributed by atoms with Gasteiger partial charge in [0.05, 0.1) is 29.8 Å². The van der Waals surface area contributed by atoms with Gasteiger partial charge in [0, 0.05) is 12.5 Å². The second-order valence-corrected chi connectivity index (χ2v) is 8.96. The minimum absolute atomic E-state index is 0.0498. The van der Waals surface area contributed by atoms with Gasteiger partial charge in [-0.15, -0.1) is 0 Å². The van der Waals surface area contributed by atoms with Crippen LogP contribution in [0, 0.1) is 6.92 Å². The summed E-state index contributed by atoms with van der Waals surface area (Å²) in [7, 11) is -1.33. The number of aryl methyl sites for hydroxylation is 1. The Balaban J connectivity index is 1.91. The fraction of sp³-hybridized carbons (Fsp3) is 0.300. The molecule has 0 aliphatic carbocycles. The van der Waals surface area contributed by atoms with Gasteiger partial charge < -0.3 is 14.8 Å². The molecule has 1 aliphatic rings. The molecular weight excluding hydrogens is 432 g/mol. The highest BCUT2D eigenvalue weighted by atomic mass is 35.5. The van der Waals surface area contributed by atoms with E-state index in [9.17, 15) is 18.0 Å². The summed E-state index contributed by atoms with van der Waals surface area (Å²) in [6.45, 7) is 1.82. The van der Waals surface area contributed by atoms with Gasteiger partial charge >= 0.3 is 0 Å². The molecule has 0 unspecified atom stereocenters. The predicted molar refractivity (Wildman–Crippen MR) is 111 cm³/mol. The lowest BCUT2D eigenvalue weighted by atomic mass is 10.2. The predicted octanol–water partition coefficient (Wildman–Crippen LogP) is 2.98. The second kappa shape index (κ2) is 8.53. The maximum Gasteiger partial charge on any atom is 0.267 e. The molecule has 30 heavy (non-hydrogen) atoms. The van der Waals surface area contributed by atoms with E-state index in [4.69, 9.17) is 21.1 Å². The molecule has 1 heterocycles. The summed E-state index contributed by atoms with van der Waals surface area (Å²) in [5, 5.41) is 2.85. The average molecular weight is 453 g/mol. The zero-order valence-corrected chi connectivity index (χ0v) is 18.2. The van der Waals surface area contributed by atoms with E-state index in [0.29, 0.717) is 10.1 Å². The van der Waals surface area contributed by atoms with Crippen LogP contribution in [0.15, 0.2) is 41.3 Å². The summed E-state index contributed by atoms with van der Waals surface area (Å²) in [6.07, 6.45) is 0.0195. The molecule has 0 radical (unpaired) electrons. The lowest BCUT2D eigenvalue weighted by Crippen LogP contribution is -2.45. The van der Waals surface area contributed by atoms with Crippen LogP contribution in [0.5, 0.6) is 11.5 Å². The van der Waals surface area contributed by atoms with Crippen molar-refractivity contribution in [2.24, 2.45) is 0 Å². The monoisotopic (exact) mass is 452 g/mol. The quantitative estimate of drug-likeness (QED) is 0.722. The molecule has 160 valence electrons. The number of benzene rings is 2. The van der Waals surface area contributed by atoms with Gasteiger partial charge in [-0.2, -0.15) is 0 Å². The van der Waals surface area contributed by atoms with Crippen molar-refractivity contribution >= 4 is 39.1 Å². The van der Waals surface area contributed by atoms with Gasteiger partial charge in [-0.1, -0.05) is 29.3 Å². The second-order valence-electron chi connectivity index (χ2n) is 6.74. The van der Waals surface area contributed by atoms with Gasteiger partial charge in [-0.05, 0) is 31.5 Å². The van der Waals surface area contributed by atoms with E-state index >= 15 is 0 Å². The Morgan fingerprint density at radius 2 is 1.77 bits per heavy atom. The topological polar surface area (TPSA) is 102 Å². The van der Waals surface area contributed by atoms with Crippen molar-refractivity contribution < 1.29 is 27.5 Å². The lowest BCUT2D eigenvalue weighted by Gasteiger charge is -2.24. The number of hydrogen-bond acceptors (Lipinski definition) is 6. The zero-order valence-electron chi connectivity index (χ0n) is 16.6. The Morgan fingerprint density at radius 3 is 2.37 bits per heavy atom. The highest BCUT2D eigenvalue weighted by Crippen LogP contribution is 2.36. The molecule has 0 spiro atoms. The minimum Gasteiger partial charge on any atom is -0.495 e. The number of ether oxygens (including phenoxy) is 2. The maximum atomic E-state index is 13.0. The van der Waals surface area contributed by atoms with Crippen LogP contribution in [0.2, 0.25) is 5.02 Å². The molecule has 2 aromatic rings. The molecule has 3 rings (SSSR count). The lowest BCUT2D eigenvalue weighted by molar-refractivity contribution is -0.128. The standard InChI is InChI=1S/C20H21ClN2O6S/c1-12-4-6-13(7-5-12)30(26,27)23-16(8-9-19(23)24)20(25)22-15-10-14(21)17(28-2)11-18(15)29-3/h4-7,10-11,16H,8-9H2,1-3H3,(H,22,25)/t16-/m0/s1. The van der Waals surface area contributed by atoms with Crippen LogP contribution < -0.4 is 14.8 Å². The van der Waals surface area contributed by atoms with Crippen molar-refractivity contribution in [2.45, 2.75) is 30.7 Å². The summed E-state index contributed by atoms with van der Waals surface area (Å²) in [4.78, 5) is 25.3. The number of hydrogen-bond donors (Lipinski definition) is 1.